The quantitative estimate of drug-likeness (QED) is 0.167. The first-order chi connectivity index (χ1) is 16.0. The van der Waals surface area contributed by atoms with E-state index in [1.165, 1.54) is 11.8 Å². The number of nitrogens with zero attached hydrogens (tertiary/aromatic N) is 1. The van der Waals surface area contributed by atoms with Crippen molar-refractivity contribution in [2.24, 2.45) is 0 Å². The van der Waals surface area contributed by atoms with E-state index in [-0.39, 0.29) is 5.91 Å². The van der Waals surface area contributed by atoms with Crippen LogP contribution in [0.25, 0.3) is 6.08 Å². The van der Waals surface area contributed by atoms with Crippen molar-refractivity contribution in [1.29, 1.82) is 0 Å². The smallest absolute Gasteiger partial charge is 0.266 e. The summed E-state index contributed by atoms with van der Waals surface area (Å²) in [5.74, 6) is 1.28. The Bertz CT molecular complexity index is 1180. The minimum atomic E-state index is -0.0776. The van der Waals surface area contributed by atoms with Gasteiger partial charge in [-0.3, -0.25) is 9.69 Å². The highest BCUT2D eigenvalue weighted by molar-refractivity contribution is 14.1. The lowest BCUT2D eigenvalue weighted by atomic mass is 10.1. The Balaban J connectivity index is 1.56. The topological polar surface area (TPSA) is 38.8 Å². The predicted molar refractivity (Wildman–Crippen MR) is 146 cm³/mol. The summed E-state index contributed by atoms with van der Waals surface area (Å²) < 4.78 is 13.5. The van der Waals surface area contributed by atoms with Crippen LogP contribution in [0.3, 0.4) is 0 Å². The van der Waals surface area contributed by atoms with E-state index < -0.39 is 0 Å². The maximum Gasteiger partial charge on any atom is 0.266 e. The molecule has 4 nitrogen and oxygen atoms in total. The Hall–Kier alpha value is -2.36. The molecule has 4 rings (SSSR count). The number of thiocarbonyl (C=S) groups is 1. The van der Waals surface area contributed by atoms with Crippen LogP contribution in [-0.4, -0.2) is 21.7 Å². The Morgan fingerprint density at radius 1 is 1.00 bits per heavy atom. The van der Waals surface area contributed by atoms with Crippen LogP contribution in [0.4, 0.5) is 0 Å². The van der Waals surface area contributed by atoms with Crippen molar-refractivity contribution in [2.45, 2.75) is 20.1 Å². The van der Waals surface area contributed by atoms with Crippen LogP contribution >= 0.6 is 46.6 Å². The summed E-state index contributed by atoms with van der Waals surface area (Å²) in [6.07, 6.45) is 1.87. The van der Waals surface area contributed by atoms with E-state index in [2.05, 4.69) is 22.6 Å². The second-order valence-electron chi connectivity index (χ2n) is 7.29. The van der Waals surface area contributed by atoms with Crippen LogP contribution in [0.15, 0.2) is 77.7 Å². The van der Waals surface area contributed by atoms with Crippen LogP contribution < -0.4 is 9.47 Å². The van der Waals surface area contributed by atoms with Gasteiger partial charge in [0, 0.05) is 0 Å². The maximum atomic E-state index is 13.0. The zero-order valence-electron chi connectivity index (χ0n) is 18.0. The Morgan fingerprint density at radius 3 is 2.33 bits per heavy atom. The summed E-state index contributed by atoms with van der Waals surface area (Å²) in [6, 6.07) is 23.8. The van der Waals surface area contributed by atoms with Crippen LogP contribution in [0, 0.1) is 3.57 Å². The molecule has 33 heavy (non-hydrogen) atoms. The van der Waals surface area contributed by atoms with Gasteiger partial charge >= 0.3 is 0 Å². The molecule has 0 atom stereocenters. The summed E-state index contributed by atoms with van der Waals surface area (Å²) in [5, 5.41) is 0. The first kappa shape index (κ1) is 23.8. The van der Waals surface area contributed by atoms with Gasteiger partial charge in [0.25, 0.3) is 5.91 Å². The highest BCUT2D eigenvalue weighted by atomic mass is 127. The van der Waals surface area contributed by atoms with Gasteiger partial charge in [0.2, 0.25) is 0 Å². The van der Waals surface area contributed by atoms with E-state index in [4.69, 9.17) is 21.7 Å². The van der Waals surface area contributed by atoms with Gasteiger partial charge in [0.15, 0.2) is 11.5 Å². The van der Waals surface area contributed by atoms with Crippen LogP contribution in [-0.2, 0) is 17.9 Å². The van der Waals surface area contributed by atoms with E-state index in [1.807, 2.05) is 85.8 Å². The van der Waals surface area contributed by atoms with Gasteiger partial charge < -0.3 is 9.47 Å². The standard InChI is InChI=1S/C26H22INO3S2/c1-2-30-22-14-20(13-21(27)24(22)31-17-19-11-7-4-8-12-19)15-23-25(29)28(26(32)33-23)16-18-9-5-3-6-10-18/h3-15H,2,16-17H2,1H3/b23-15-. The molecule has 0 aliphatic carbocycles. The summed E-state index contributed by atoms with van der Waals surface area (Å²) in [7, 11) is 0. The van der Waals surface area contributed by atoms with Gasteiger partial charge in [0.1, 0.15) is 10.9 Å². The first-order valence-corrected chi connectivity index (χ1v) is 12.8. The molecule has 0 radical (unpaired) electrons. The fraction of sp³-hybridized carbons (Fsp3) is 0.154. The number of thioether (sulfide) groups is 1. The van der Waals surface area contributed by atoms with Gasteiger partial charge in [-0.25, -0.2) is 0 Å². The second-order valence-corrected chi connectivity index (χ2v) is 10.1. The number of carbonyl (C=O) groups excluding carboxylic acids is 1. The van der Waals surface area contributed by atoms with Crippen LogP contribution in [0.5, 0.6) is 11.5 Å². The molecule has 7 heteroatoms. The molecule has 1 amide bonds. The fourth-order valence-corrected chi connectivity index (χ4v) is 5.39. The summed E-state index contributed by atoms with van der Waals surface area (Å²) in [5.41, 5.74) is 3.00. The van der Waals surface area contributed by atoms with E-state index in [1.54, 1.807) is 4.90 Å². The average molecular weight is 588 g/mol. The summed E-state index contributed by atoms with van der Waals surface area (Å²) >= 11 is 9.06. The third-order valence-electron chi connectivity index (χ3n) is 4.91. The van der Waals surface area contributed by atoms with Gasteiger partial charge in [-0.15, -0.1) is 0 Å². The molecule has 0 saturated carbocycles. The van der Waals surface area contributed by atoms with Crippen molar-refractivity contribution in [3.8, 4) is 11.5 Å². The second kappa shape index (κ2) is 11.2. The third kappa shape index (κ3) is 5.96. The van der Waals surface area contributed by atoms with E-state index in [9.17, 15) is 4.79 Å². The van der Waals surface area contributed by atoms with Crippen molar-refractivity contribution in [2.75, 3.05) is 6.61 Å². The Morgan fingerprint density at radius 2 is 1.67 bits per heavy atom. The normalized spacial score (nSPS) is 14.7. The molecule has 3 aromatic carbocycles. The van der Waals surface area contributed by atoms with E-state index in [0.717, 1.165) is 20.3 Å². The Labute approximate surface area is 217 Å². The van der Waals surface area contributed by atoms with Crippen molar-refractivity contribution in [1.82, 2.24) is 4.90 Å². The minimum absolute atomic E-state index is 0.0776. The predicted octanol–water partition coefficient (Wildman–Crippen LogP) is 6.67. The molecule has 1 saturated heterocycles. The molecule has 3 aromatic rings. The summed E-state index contributed by atoms with van der Waals surface area (Å²) in [6.45, 7) is 3.38. The number of ether oxygens (including phenoxy) is 2. The van der Waals surface area contributed by atoms with Crippen molar-refractivity contribution < 1.29 is 14.3 Å². The van der Waals surface area contributed by atoms with Crippen molar-refractivity contribution in [3.05, 3.63) is 98.0 Å². The Kier molecular flexibility index (Phi) is 8.06. The summed E-state index contributed by atoms with van der Waals surface area (Å²) in [4.78, 5) is 15.3. The van der Waals surface area contributed by atoms with Crippen LogP contribution in [0.1, 0.15) is 23.6 Å². The number of hydrogen-bond acceptors (Lipinski definition) is 5. The number of hydrogen-bond donors (Lipinski definition) is 0. The zero-order chi connectivity index (χ0) is 23.2. The van der Waals surface area contributed by atoms with Crippen molar-refractivity contribution in [3.63, 3.8) is 0 Å². The average Bonchev–Trinajstić information content (AvgIpc) is 3.07. The number of carbonyl (C=O) groups is 1. The SMILES string of the molecule is CCOc1cc(/C=C2\SC(=S)N(Cc3ccccc3)C2=O)cc(I)c1OCc1ccccc1. The number of halogens is 1. The van der Waals surface area contributed by atoms with E-state index >= 15 is 0 Å². The van der Waals surface area contributed by atoms with Gasteiger partial charge in [-0.2, -0.15) is 0 Å². The van der Waals surface area contributed by atoms with E-state index in [0.29, 0.717) is 40.5 Å². The van der Waals surface area contributed by atoms with Crippen LogP contribution in [0.2, 0.25) is 0 Å². The minimum Gasteiger partial charge on any atom is -0.490 e. The molecular formula is C26H22INO3S2. The molecule has 0 bridgehead atoms. The molecule has 0 unspecified atom stereocenters. The lowest BCUT2D eigenvalue weighted by Gasteiger charge is -2.15. The molecular weight excluding hydrogens is 565 g/mol. The lowest BCUT2D eigenvalue weighted by Crippen LogP contribution is -2.27. The monoisotopic (exact) mass is 587 g/mol. The molecule has 0 aromatic heterocycles. The molecule has 0 spiro atoms. The molecule has 168 valence electrons. The molecule has 1 aliphatic rings. The van der Waals surface area contributed by atoms with Gasteiger partial charge in [0.05, 0.1) is 21.6 Å². The fourth-order valence-electron chi connectivity index (χ4n) is 3.36. The largest absolute Gasteiger partial charge is 0.490 e. The number of rotatable bonds is 8. The molecule has 1 fully saturated rings. The first-order valence-electron chi connectivity index (χ1n) is 10.5. The highest BCUT2D eigenvalue weighted by Gasteiger charge is 2.32. The van der Waals surface area contributed by atoms with Gasteiger partial charge in [-0.05, 0) is 64.4 Å². The maximum absolute atomic E-state index is 13.0. The third-order valence-corrected chi connectivity index (χ3v) is 7.09. The lowest BCUT2D eigenvalue weighted by molar-refractivity contribution is -0.122. The molecule has 0 N–H and O–H groups in total. The number of benzene rings is 3. The highest BCUT2D eigenvalue weighted by Crippen LogP contribution is 2.38. The van der Waals surface area contributed by atoms with Gasteiger partial charge in [-0.1, -0.05) is 84.6 Å². The molecule has 1 heterocycles. The zero-order valence-corrected chi connectivity index (χ0v) is 21.8. The molecule has 1 aliphatic heterocycles. The number of amides is 1. The van der Waals surface area contributed by atoms with Crippen molar-refractivity contribution >= 4 is 62.9 Å².